The van der Waals surface area contributed by atoms with Crippen molar-refractivity contribution in [2.45, 2.75) is 33.9 Å². The molecule has 12 heteroatoms. The van der Waals surface area contributed by atoms with E-state index in [0.717, 1.165) is 21.9 Å². The maximum absolute atomic E-state index is 14.6. The topological polar surface area (TPSA) is 112 Å². The molecule has 37 heavy (non-hydrogen) atoms. The van der Waals surface area contributed by atoms with Crippen LogP contribution in [0, 0.1) is 24.4 Å². The first-order valence-corrected chi connectivity index (χ1v) is 11.1. The largest absolute Gasteiger partial charge is 0.488 e. The third-order valence-corrected chi connectivity index (χ3v) is 5.39. The summed E-state index contributed by atoms with van der Waals surface area (Å²) < 4.78 is 64.8. The molecular weight excluding hydrogens is 495 g/mol. The molecule has 0 aliphatic carbocycles. The number of H-pyrrole nitrogens is 1. The number of aromatic nitrogens is 3. The lowest BCUT2D eigenvalue weighted by atomic mass is 10.1. The van der Waals surface area contributed by atoms with Gasteiger partial charge < -0.3 is 18.4 Å². The summed E-state index contributed by atoms with van der Waals surface area (Å²) in [5, 5.41) is 0. The summed E-state index contributed by atoms with van der Waals surface area (Å²) in [6.07, 6.45) is 1.70. The first-order valence-electron chi connectivity index (χ1n) is 11.1. The summed E-state index contributed by atoms with van der Waals surface area (Å²) in [6.45, 7) is 4.86. The molecule has 0 amide bonds. The summed E-state index contributed by atoms with van der Waals surface area (Å²) in [5.74, 6) is -5.05. The van der Waals surface area contributed by atoms with Crippen LogP contribution in [0.2, 0.25) is 0 Å². The van der Waals surface area contributed by atoms with E-state index in [9.17, 15) is 22.8 Å². The van der Waals surface area contributed by atoms with Gasteiger partial charge in [-0.1, -0.05) is 18.2 Å². The normalized spacial score (nSPS) is 11.7. The molecule has 0 saturated carbocycles. The summed E-state index contributed by atoms with van der Waals surface area (Å²) in [6, 6.07) is 7.80. The Hall–Kier alpha value is -4.48. The number of halogens is 3. The van der Waals surface area contributed by atoms with E-state index in [-0.39, 0.29) is 31.4 Å². The second-order valence-corrected chi connectivity index (χ2v) is 7.89. The minimum absolute atomic E-state index is 0.0340. The van der Waals surface area contributed by atoms with Gasteiger partial charge in [-0.05, 0) is 50.1 Å². The van der Waals surface area contributed by atoms with Crippen LogP contribution in [0.4, 0.5) is 13.2 Å². The lowest BCUT2D eigenvalue weighted by Gasteiger charge is -2.08. The molecule has 0 fully saturated rings. The van der Waals surface area contributed by atoms with Gasteiger partial charge in [-0.15, -0.1) is 4.74 Å². The zero-order valence-corrected chi connectivity index (χ0v) is 20.1. The maximum Gasteiger partial charge on any atom is 0.440 e. The van der Waals surface area contributed by atoms with Gasteiger partial charge in [0.05, 0.1) is 18.7 Å². The van der Waals surface area contributed by atoms with Crippen LogP contribution in [0.1, 0.15) is 30.9 Å². The number of rotatable bonds is 9. The van der Waals surface area contributed by atoms with Crippen LogP contribution in [0.15, 0.2) is 54.9 Å². The number of nitrogens with zero attached hydrogens (tertiary/aromatic N) is 2. The van der Waals surface area contributed by atoms with Gasteiger partial charge in [0.1, 0.15) is 23.8 Å². The number of oxazole rings is 1. The van der Waals surface area contributed by atoms with Crippen LogP contribution in [0.3, 0.4) is 0 Å². The molecule has 0 spiro atoms. The highest BCUT2D eigenvalue weighted by Gasteiger charge is 2.24. The summed E-state index contributed by atoms with van der Waals surface area (Å²) in [5.41, 5.74) is 0.750. The van der Waals surface area contributed by atoms with Crippen LogP contribution in [-0.2, 0) is 13.2 Å². The number of benzene rings is 2. The Morgan fingerprint density at radius 2 is 1.95 bits per heavy atom. The van der Waals surface area contributed by atoms with Gasteiger partial charge in [0, 0.05) is 0 Å². The number of aromatic amines is 1. The quantitative estimate of drug-likeness (QED) is 0.323. The molecule has 4 aromatic rings. The van der Waals surface area contributed by atoms with E-state index in [2.05, 4.69) is 4.98 Å². The van der Waals surface area contributed by atoms with Gasteiger partial charge in [-0.3, -0.25) is 0 Å². The van der Waals surface area contributed by atoms with Crippen molar-refractivity contribution in [3.63, 3.8) is 0 Å². The van der Waals surface area contributed by atoms with Crippen LogP contribution in [-0.4, -0.2) is 21.3 Å². The fraction of sp³-hybridized carbons (Fsp3) is 0.240. The Kier molecular flexibility index (Phi) is 7.37. The van der Waals surface area contributed by atoms with Crippen molar-refractivity contribution in [3.8, 4) is 23.0 Å². The van der Waals surface area contributed by atoms with Gasteiger partial charge >= 0.3 is 11.4 Å². The molecular formula is C25H22F3N3O6. The Balaban J connectivity index is 1.49. The van der Waals surface area contributed by atoms with Crippen LogP contribution < -0.4 is 20.9 Å². The second-order valence-electron chi connectivity index (χ2n) is 7.89. The Morgan fingerprint density at radius 3 is 2.65 bits per heavy atom. The van der Waals surface area contributed by atoms with Crippen LogP contribution >= 0.6 is 0 Å². The third-order valence-electron chi connectivity index (χ3n) is 5.39. The van der Waals surface area contributed by atoms with E-state index in [4.69, 9.17) is 18.4 Å². The van der Waals surface area contributed by atoms with Crippen molar-refractivity contribution < 1.29 is 31.6 Å². The molecule has 2 aromatic heterocycles. The van der Waals surface area contributed by atoms with Gasteiger partial charge in [0.25, 0.3) is 0 Å². The molecule has 0 saturated heterocycles. The highest BCUT2D eigenvalue weighted by molar-refractivity contribution is 5.64. The molecule has 0 atom stereocenters. The van der Waals surface area contributed by atoms with E-state index >= 15 is 0 Å². The highest BCUT2D eigenvalue weighted by atomic mass is 19.2. The molecule has 9 nitrogen and oxygen atoms in total. The fourth-order valence-corrected chi connectivity index (χ4v) is 3.44. The van der Waals surface area contributed by atoms with E-state index < -0.39 is 40.2 Å². The minimum Gasteiger partial charge on any atom is -0.488 e. The van der Waals surface area contributed by atoms with Crippen molar-refractivity contribution in [3.05, 3.63) is 91.9 Å². The van der Waals surface area contributed by atoms with E-state index in [1.165, 1.54) is 6.92 Å². The zero-order valence-electron chi connectivity index (χ0n) is 20.1. The number of aryl methyl sites for hydroxylation is 1. The van der Waals surface area contributed by atoms with Crippen molar-refractivity contribution in [1.82, 2.24) is 14.7 Å². The van der Waals surface area contributed by atoms with Crippen LogP contribution in [0.25, 0.3) is 17.0 Å². The zero-order chi connectivity index (χ0) is 26.7. The number of hydrogen-bond donors (Lipinski definition) is 1. The third kappa shape index (κ3) is 5.52. The van der Waals surface area contributed by atoms with E-state index in [1.807, 2.05) is 18.0 Å². The fourth-order valence-electron chi connectivity index (χ4n) is 3.44. The number of hydrogen-bond acceptors (Lipinski definition) is 7. The molecule has 0 aliphatic rings. The average molecular weight is 517 g/mol. The molecule has 2 aromatic carbocycles. The SMILES string of the molecule is CCOc1c(F)cc(-c2nc(COc3cccc(C(C)=CCn4oc(=O)[nH]c4=O)c3)c(C)o2)c(F)c1F. The monoisotopic (exact) mass is 517 g/mol. The summed E-state index contributed by atoms with van der Waals surface area (Å²) in [7, 11) is 0. The predicted molar refractivity (Wildman–Crippen MR) is 126 cm³/mol. The Labute approximate surface area is 207 Å². The maximum atomic E-state index is 14.6. The van der Waals surface area contributed by atoms with Gasteiger partial charge in [0.15, 0.2) is 17.4 Å². The standard InChI is InChI=1S/C25H22F3N3O6/c1-4-34-22-18(26)11-17(20(27)21(22)28)23-29-19(14(3)36-23)12-35-16-7-5-6-15(10-16)13(2)8-9-31-24(32)30-25(33)37-31/h5-8,10-11H,4,9,12H2,1-3H3,(H,30,32,33). The molecule has 1 N–H and O–H groups in total. The predicted octanol–water partition coefficient (Wildman–Crippen LogP) is 4.59. The molecule has 2 heterocycles. The first kappa shape index (κ1) is 25.6. The molecule has 0 radical (unpaired) electrons. The van der Waals surface area contributed by atoms with Crippen molar-refractivity contribution in [2.24, 2.45) is 0 Å². The summed E-state index contributed by atoms with van der Waals surface area (Å²) >= 11 is 0. The van der Waals surface area contributed by atoms with Crippen molar-refractivity contribution in [2.75, 3.05) is 6.61 Å². The van der Waals surface area contributed by atoms with Gasteiger partial charge in [0.2, 0.25) is 11.7 Å². The number of ether oxygens (including phenoxy) is 2. The molecule has 0 unspecified atom stereocenters. The number of allylic oxidation sites excluding steroid dienone is 2. The molecule has 0 aliphatic heterocycles. The van der Waals surface area contributed by atoms with E-state index in [0.29, 0.717) is 11.4 Å². The van der Waals surface area contributed by atoms with E-state index in [1.54, 1.807) is 31.2 Å². The van der Waals surface area contributed by atoms with Crippen LogP contribution in [0.5, 0.6) is 11.5 Å². The molecule has 0 bridgehead atoms. The van der Waals surface area contributed by atoms with Gasteiger partial charge in [-0.2, -0.15) is 4.39 Å². The minimum atomic E-state index is -1.46. The molecule has 4 rings (SSSR count). The first-order chi connectivity index (χ1) is 17.7. The van der Waals surface area contributed by atoms with Crippen molar-refractivity contribution in [1.29, 1.82) is 0 Å². The lowest BCUT2D eigenvalue weighted by molar-refractivity contribution is 0.261. The smallest absolute Gasteiger partial charge is 0.440 e. The summed E-state index contributed by atoms with van der Waals surface area (Å²) in [4.78, 5) is 28.8. The average Bonchev–Trinajstić information content (AvgIpc) is 3.41. The number of nitrogens with one attached hydrogen (secondary N) is 1. The Bertz CT molecular complexity index is 1580. The van der Waals surface area contributed by atoms with Crippen molar-refractivity contribution >= 4 is 5.57 Å². The van der Waals surface area contributed by atoms with Gasteiger partial charge in [-0.25, -0.2) is 28.3 Å². The second kappa shape index (κ2) is 10.6. The lowest BCUT2D eigenvalue weighted by Crippen LogP contribution is -2.15. The Morgan fingerprint density at radius 1 is 1.16 bits per heavy atom. The molecule has 194 valence electrons. The highest BCUT2D eigenvalue weighted by Crippen LogP contribution is 2.33.